The molecule has 1 aromatic heterocycles. The Bertz CT molecular complexity index is 2400. The summed E-state index contributed by atoms with van der Waals surface area (Å²) >= 11 is 0. The number of alkyl carbamates (subject to hydrolysis) is 1. The van der Waals surface area contributed by atoms with E-state index in [-0.39, 0.29) is 19.4 Å². The van der Waals surface area contributed by atoms with Gasteiger partial charge >= 0.3 is 6.09 Å². The number of carbonyl (C=O) groups excluding carboxylic acids is 4. The number of nitrogens with one attached hydrogen (secondary N) is 3. The van der Waals surface area contributed by atoms with Crippen molar-refractivity contribution in [3.8, 4) is 17.0 Å². The Morgan fingerprint density at radius 1 is 1.00 bits per heavy atom. The highest BCUT2D eigenvalue weighted by molar-refractivity contribution is 7.91. The van der Waals surface area contributed by atoms with Crippen LogP contribution in [0.4, 0.5) is 9.18 Å². The van der Waals surface area contributed by atoms with E-state index < -0.39 is 79.1 Å². The van der Waals surface area contributed by atoms with Crippen LogP contribution in [0.15, 0.2) is 60.7 Å². The molecule has 15 heteroatoms. The molecule has 3 N–H and O–H groups in total. The SMILES string of the molecule is CC1(OC(=O)N[C@H]2CCCCC/C=C\[C@H]3C[C@@]3(C(=O)NS(=O)(=O)C3(C)CC3)NC(=O)[C@@H]3C[C@]4(CCc5c(c(-c6cccc(F)c6)nc6ccccc56)O4)CN3C2=O)CC1. The first-order valence-corrected chi connectivity index (χ1v) is 22.3. The lowest BCUT2D eigenvalue weighted by Gasteiger charge is -2.37. The van der Waals surface area contributed by atoms with Gasteiger partial charge < -0.3 is 25.0 Å². The fraction of sp³-hybridized carbons (Fsp3) is 0.523. The minimum Gasteiger partial charge on any atom is -0.483 e. The Labute approximate surface area is 342 Å². The number of hydrogen-bond acceptors (Lipinski definition) is 9. The number of pyridine rings is 1. The predicted molar refractivity (Wildman–Crippen MR) is 216 cm³/mol. The quantitative estimate of drug-likeness (QED) is 0.262. The van der Waals surface area contributed by atoms with Crippen molar-refractivity contribution in [2.45, 2.75) is 131 Å². The van der Waals surface area contributed by atoms with Gasteiger partial charge in [0.2, 0.25) is 21.8 Å². The number of amides is 4. The summed E-state index contributed by atoms with van der Waals surface area (Å²) in [6, 6.07) is 11.6. The second kappa shape index (κ2) is 14.3. The van der Waals surface area contributed by atoms with E-state index in [4.69, 9.17) is 14.5 Å². The summed E-state index contributed by atoms with van der Waals surface area (Å²) in [6.45, 7) is 3.40. The Morgan fingerprint density at radius 3 is 2.56 bits per heavy atom. The average molecular weight is 828 g/mol. The summed E-state index contributed by atoms with van der Waals surface area (Å²) in [5.74, 6) is -2.39. The maximum Gasteiger partial charge on any atom is 0.408 e. The van der Waals surface area contributed by atoms with Gasteiger partial charge in [-0.15, -0.1) is 0 Å². The lowest BCUT2D eigenvalue weighted by Crippen LogP contribution is -2.58. The Morgan fingerprint density at radius 2 is 1.80 bits per heavy atom. The average Bonchev–Trinajstić information content (AvgIpc) is 4.16. The van der Waals surface area contributed by atoms with Gasteiger partial charge in [0.05, 0.1) is 16.8 Å². The minimum absolute atomic E-state index is 0.0288. The van der Waals surface area contributed by atoms with Crippen LogP contribution in [0, 0.1) is 11.7 Å². The number of benzene rings is 2. The zero-order valence-corrected chi connectivity index (χ0v) is 34.2. The van der Waals surface area contributed by atoms with E-state index in [1.807, 2.05) is 43.3 Å². The molecule has 3 aromatic rings. The van der Waals surface area contributed by atoms with E-state index in [1.165, 1.54) is 17.0 Å². The Kier molecular flexibility index (Phi) is 9.56. The second-order valence-corrected chi connectivity index (χ2v) is 20.2. The van der Waals surface area contributed by atoms with Crippen LogP contribution >= 0.6 is 0 Å². The molecule has 0 radical (unpaired) electrons. The number of fused-ring (bicyclic) bond motifs is 5. The summed E-state index contributed by atoms with van der Waals surface area (Å²) < 4.78 is 55.2. The van der Waals surface area contributed by atoms with Gasteiger partial charge in [-0.05, 0) is 96.3 Å². The first kappa shape index (κ1) is 39.4. The molecule has 6 aliphatic rings. The molecule has 4 fully saturated rings. The lowest BCUT2D eigenvalue weighted by molar-refractivity contribution is -0.141. The van der Waals surface area contributed by atoms with Gasteiger partial charge in [0.25, 0.3) is 5.91 Å². The van der Waals surface area contributed by atoms with Crippen molar-refractivity contribution in [2.75, 3.05) is 6.54 Å². The third-order valence-corrected chi connectivity index (χ3v) is 15.6. The number of carbonyl (C=O) groups is 4. The van der Waals surface area contributed by atoms with Gasteiger partial charge in [-0.3, -0.25) is 19.1 Å². The number of aromatic nitrogens is 1. The number of allylic oxidation sites excluding steroid dienone is 1. The fourth-order valence-electron chi connectivity index (χ4n) is 8.99. The molecule has 0 bridgehead atoms. The third-order valence-electron chi connectivity index (χ3n) is 13.4. The smallest absolute Gasteiger partial charge is 0.408 e. The molecule has 4 heterocycles. The number of para-hydroxylation sites is 1. The van der Waals surface area contributed by atoms with E-state index in [1.54, 1.807) is 19.1 Å². The number of nitrogens with zero attached hydrogens (tertiary/aromatic N) is 2. The third kappa shape index (κ3) is 7.44. The van der Waals surface area contributed by atoms with Crippen molar-refractivity contribution in [2.24, 2.45) is 5.92 Å². The summed E-state index contributed by atoms with van der Waals surface area (Å²) in [5.41, 5.74) is -0.710. The van der Waals surface area contributed by atoms with Crippen LogP contribution in [0.25, 0.3) is 22.2 Å². The van der Waals surface area contributed by atoms with Crippen molar-refractivity contribution in [3.63, 3.8) is 0 Å². The number of sulfonamides is 1. The summed E-state index contributed by atoms with van der Waals surface area (Å²) in [5, 5.41) is 6.64. The molecule has 5 atom stereocenters. The highest BCUT2D eigenvalue weighted by atomic mass is 32.2. The normalized spacial score (nSPS) is 29.9. The van der Waals surface area contributed by atoms with Gasteiger partial charge in [-0.1, -0.05) is 55.3 Å². The van der Waals surface area contributed by atoms with E-state index in [0.29, 0.717) is 67.5 Å². The van der Waals surface area contributed by atoms with E-state index in [2.05, 4.69) is 15.4 Å². The molecule has 3 aliphatic carbocycles. The second-order valence-electron chi connectivity index (χ2n) is 18.0. The highest BCUT2D eigenvalue weighted by Crippen LogP contribution is 2.50. The van der Waals surface area contributed by atoms with Gasteiger partial charge in [0.1, 0.15) is 46.1 Å². The summed E-state index contributed by atoms with van der Waals surface area (Å²) in [4.78, 5) is 63.4. The Balaban J connectivity index is 1.09. The molecule has 4 amide bonds. The molecule has 13 nitrogen and oxygen atoms in total. The molecular formula is C44H50FN5O8S. The fourth-order valence-corrected chi connectivity index (χ4v) is 10.3. The maximum atomic E-state index is 14.9. The van der Waals surface area contributed by atoms with Crippen LogP contribution in [-0.4, -0.2) is 82.2 Å². The van der Waals surface area contributed by atoms with Crippen LogP contribution in [0.3, 0.4) is 0 Å². The van der Waals surface area contributed by atoms with Gasteiger partial charge in [0, 0.05) is 28.9 Å². The van der Waals surface area contributed by atoms with Crippen molar-refractivity contribution in [1.29, 1.82) is 0 Å². The van der Waals surface area contributed by atoms with Gasteiger partial charge in [0.15, 0.2) is 0 Å². The van der Waals surface area contributed by atoms with Crippen LogP contribution in [-0.2, 0) is 35.6 Å². The number of hydrogen-bond donors (Lipinski definition) is 3. The maximum absolute atomic E-state index is 14.9. The van der Waals surface area contributed by atoms with Crippen LogP contribution in [0.2, 0.25) is 0 Å². The molecule has 312 valence electrons. The van der Waals surface area contributed by atoms with Crippen LogP contribution in [0.1, 0.15) is 96.5 Å². The molecule has 1 spiro atoms. The molecule has 3 saturated carbocycles. The lowest BCUT2D eigenvalue weighted by atomic mass is 9.86. The number of rotatable bonds is 6. The Hall–Kier alpha value is -5.05. The summed E-state index contributed by atoms with van der Waals surface area (Å²) in [7, 11) is -4.02. The van der Waals surface area contributed by atoms with Crippen molar-refractivity contribution >= 4 is 44.7 Å². The molecule has 9 rings (SSSR count). The minimum atomic E-state index is -4.02. The topological polar surface area (TPSA) is 173 Å². The van der Waals surface area contributed by atoms with Crippen LogP contribution in [0.5, 0.6) is 5.75 Å². The number of ether oxygens (including phenoxy) is 2. The van der Waals surface area contributed by atoms with Crippen molar-refractivity contribution in [1.82, 2.24) is 25.2 Å². The number of halogens is 1. The standard InChI is InChI=1S/C44H50FN5O8S/c1-41(19-20-41)58-40(54)47-33-16-7-5-3-4-6-12-28-24-44(28,39(53)49-59(55,56)42(2)21-22-42)48-37(51)34-25-43(26-50(34)38(33)52)18-17-31-30-14-8-9-15-32(30)46-35(36(31)57-43)27-11-10-13-29(45)23-27/h6,8-15,23,28,33-34H,3-5,7,16-22,24-26H2,1-2H3,(H,47,54)(H,48,51)(H,49,53)/b12-6-/t28-,33-,34-,43+,44+/m0/s1. The van der Waals surface area contributed by atoms with E-state index in [9.17, 15) is 32.0 Å². The molecule has 3 aliphatic heterocycles. The molecular weight excluding hydrogens is 778 g/mol. The predicted octanol–water partition coefficient (Wildman–Crippen LogP) is 5.75. The van der Waals surface area contributed by atoms with Crippen molar-refractivity contribution < 1.29 is 41.5 Å². The van der Waals surface area contributed by atoms with Crippen LogP contribution < -0.4 is 20.1 Å². The molecule has 0 unspecified atom stereocenters. The van der Waals surface area contributed by atoms with Crippen molar-refractivity contribution in [3.05, 3.63) is 72.1 Å². The molecule has 1 saturated heterocycles. The zero-order valence-electron chi connectivity index (χ0n) is 33.4. The van der Waals surface area contributed by atoms with Gasteiger partial charge in [-0.2, -0.15) is 0 Å². The van der Waals surface area contributed by atoms with E-state index >= 15 is 0 Å². The first-order valence-electron chi connectivity index (χ1n) is 20.8. The van der Waals surface area contributed by atoms with E-state index in [0.717, 1.165) is 36.6 Å². The molecule has 2 aromatic carbocycles. The highest BCUT2D eigenvalue weighted by Gasteiger charge is 2.64. The largest absolute Gasteiger partial charge is 0.483 e. The summed E-state index contributed by atoms with van der Waals surface area (Å²) in [6.07, 6.45) is 9.69. The number of aryl methyl sites for hydroxylation is 1. The zero-order chi connectivity index (χ0) is 41.4. The first-order chi connectivity index (χ1) is 28.1. The monoisotopic (exact) mass is 827 g/mol. The van der Waals surface area contributed by atoms with Gasteiger partial charge in [-0.25, -0.2) is 22.6 Å². The molecule has 59 heavy (non-hydrogen) atoms.